The topological polar surface area (TPSA) is 84.9 Å². The fourth-order valence-electron chi connectivity index (χ4n) is 4.79. The lowest BCUT2D eigenvalue weighted by Gasteiger charge is -2.23. The number of nitrogens with one attached hydrogen (secondary N) is 1. The van der Waals surface area contributed by atoms with Crippen LogP contribution in [0.15, 0.2) is 66.7 Å². The Bertz CT molecular complexity index is 1080. The van der Waals surface area contributed by atoms with Crippen LogP contribution >= 0.6 is 0 Å². The number of fused-ring (bicyclic) bond motifs is 1. The van der Waals surface area contributed by atoms with Crippen molar-refractivity contribution in [1.82, 2.24) is 0 Å². The standard InChI is InChI=1S/C24H22N2O5/c1-2-30-23(29)15-7-6-8-16(13-15)25-21(27)19-18-11-12-24(31-18)14-26(22(28)20(19)24)17-9-4-3-5-10-17/h3-13,18-20H,2,14H2,1H3,(H,25,27)/t18-,19-,20+,24-/m1/s1. The summed E-state index contributed by atoms with van der Waals surface area (Å²) in [6, 6.07) is 16.0. The Morgan fingerprint density at radius 3 is 2.77 bits per heavy atom. The van der Waals surface area contributed by atoms with Crippen molar-refractivity contribution < 1.29 is 23.9 Å². The van der Waals surface area contributed by atoms with E-state index < -0.39 is 29.5 Å². The Kier molecular flexibility index (Phi) is 4.63. The van der Waals surface area contributed by atoms with E-state index in [1.165, 1.54) is 0 Å². The maximum absolute atomic E-state index is 13.3. The zero-order valence-corrected chi connectivity index (χ0v) is 17.0. The van der Waals surface area contributed by atoms with Crippen LogP contribution in [0, 0.1) is 11.8 Å². The number of carbonyl (C=O) groups is 3. The molecule has 2 aromatic carbocycles. The average Bonchev–Trinajstić information content (AvgIpc) is 3.43. The summed E-state index contributed by atoms with van der Waals surface area (Å²) in [6.45, 7) is 2.39. The second-order valence-electron chi connectivity index (χ2n) is 7.95. The monoisotopic (exact) mass is 418 g/mol. The summed E-state index contributed by atoms with van der Waals surface area (Å²) in [5.41, 5.74) is 0.832. The van der Waals surface area contributed by atoms with Crippen LogP contribution in [0.4, 0.5) is 11.4 Å². The zero-order chi connectivity index (χ0) is 21.6. The van der Waals surface area contributed by atoms with Crippen LogP contribution in [0.3, 0.4) is 0 Å². The van der Waals surface area contributed by atoms with Gasteiger partial charge in [0.15, 0.2) is 0 Å². The Labute approximate surface area is 179 Å². The number of amides is 2. The molecule has 31 heavy (non-hydrogen) atoms. The van der Waals surface area contributed by atoms with Gasteiger partial charge in [-0.05, 0) is 37.3 Å². The number of rotatable bonds is 5. The summed E-state index contributed by atoms with van der Waals surface area (Å²) in [5, 5.41) is 2.86. The molecule has 2 aromatic rings. The molecule has 0 aromatic heterocycles. The third-order valence-corrected chi connectivity index (χ3v) is 6.11. The molecule has 0 unspecified atom stereocenters. The number of hydrogen-bond acceptors (Lipinski definition) is 5. The van der Waals surface area contributed by atoms with Crippen molar-refractivity contribution in [3.63, 3.8) is 0 Å². The van der Waals surface area contributed by atoms with Gasteiger partial charge in [0.2, 0.25) is 11.8 Å². The van der Waals surface area contributed by atoms with Gasteiger partial charge in [0.05, 0.1) is 36.7 Å². The van der Waals surface area contributed by atoms with E-state index in [1.54, 1.807) is 36.1 Å². The number of benzene rings is 2. The summed E-state index contributed by atoms with van der Waals surface area (Å²) < 4.78 is 11.2. The molecule has 7 heteroatoms. The van der Waals surface area contributed by atoms with Crippen LogP contribution < -0.4 is 10.2 Å². The molecular formula is C24H22N2O5. The number of hydrogen-bond donors (Lipinski definition) is 1. The number of anilines is 2. The van der Waals surface area contributed by atoms with E-state index >= 15 is 0 Å². The molecule has 0 radical (unpaired) electrons. The van der Waals surface area contributed by atoms with Gasteiger partial charge in [-0.3, -0.25) is 9.59 Å². The summed E-state index contributed by atoms with van der Waals surface area (Å²) >= 11 is 0. The van der Waals surface area contributed by atoms with Gasteiger partial charge in [0, 0.05) is 11.4 Å². The molecule has 3 aliphatic rings. The number of carbonyl (C=O) groups excluding carboxylic acids is 3. The van der Waals surface area contributed by atoms with Crippen molar-refractivity contribution in [2.75, 3.05) is 23.4 Å². The Hall–Kier alpha value is -3.45. The molecule has 0 saturated carbocycles. The normalized spacial score (nSPS) is 28.0. The highest BCUT2D eigenvalue weighted by Crippen LogP contribution is 2.52. The molecule has 0 aliphatic carbocycles. The molecule has 3 heterocycles. The fraction of sp³-hybridized carbons (Fsp3) is 0.292. The largest absolute Gasteiger partial charge is 0.462 e. The van der Waals surface area contributed by atoms with E-state index in [-0.39, 0.29) is 18.4 Å². The molecule has 2 saturated heterocycles. The highest BCUT2D eigenvalue weighted by atomic mass is 16.5. The molecule has 2 bridgehead atoms. The minimum absolute atomic E-state index is 0.113. The summed E-state index contributed by atoms with van der Waals surface area (Å²) in [6.07, 6.45) is 3.35. The number of ether oxygens (including phenoxy) is 2. The molecule has 5 rings (SSSR count). The van der Waals surface area contributed by atoms with Crippen molar-refractivity contribution in [3.8, 4) is 0 Å². The van der Waals surface area contributed by atoms with Crippen molar-refractivity contribution in [3.05, 3.63) is 72.3 Å². The lowest BCUT2D eigenvalue weighted by Crippen LogP contribution is -2.41. The van der Waals surface area contributed by atoms with Gasteiger partial charge in [-0.25, -0.2) is 4.79 Å². The highest BCUT2D eigenvalue weighted by molar-refractivity contribution is 6.05. The first-order chi connectivity index (χ1) is 15.0. The van der Waals surface area contributed by atoms with E-state index in [4.69, 9.17) is 9.47 Å². The second-order valence-corrected chi connectivity index (χ2v) is 7.95. The van der Waals surface area contributed by atoms with Crippen LogP contribution in [-0.2, 0) is 19.1 Å². The van der Waals surface area contributed by atoms with E-state index in [2.05, 4.69) is 5.32 Å². The summed E-state index contributed by atoms with van der Waals surface area (Å²) in [7, 11) is 0. The minimum Gasteiger partial charge on any atom is -0.462 e. The highest BCUT2D eigenvalue weighted by Gasteiger charge is 2.67. The molecule has 1 N–H and O–H groups in total. The maximum Gasteiger partial charge on any atom is 0.338 e. The predicted octanol–water partition coefficient (Wildman–Crippen LogP) is 2.79. The number of esters is 1. The Morgan fingerprint density at radius 2 is 2.00 bits per heavy atom. The van der Waals surface area contributed by atoms with Gasteiger partial charge < -0.3 is 19.7 Å². The molecule has 4 atom stereocenters. The quantitative estimate of drug-likeness (QED) is 0.596. The van der Waals surface area contributed by atoms with E-state index in [0.717, 1.165) is 5.69 Å². The first kappa shape index (κ1) is 19.5. The zero-order valence-electron chi connectivity index (χ0n) is 17.0. The van der Waals surface area contributed by atoms with Crippen LogP contribution in [0.5, 0.6) is 0 Å². The molecular weight excluding hydrogens is 396 g/mol. The Morgan fingerprint density at radius 1 is 1.19 bits per heavy atom. The third kappa shape index (κ3) is 3.13. The molecule has 2 amide bonds. The minimum atomic E-state index is -0.785. The fourth-order valence-corrected chi connectivity index (χ4v) is 4.79. The summed E-state index contributed by atoms with van der Waals surface area (Å²) in [5.74, 6) is -2.09. The van der Waals surface area contributed by atoms with E-state index in [0.29, 0.717) is 17.8 Å². The van der Waals surface area contributed by atoms with Crippen LogP contribution in [-0.4, -0.2) is 42.6 Å². The molecule has 7 nitrogen and oxygen atoms in total. The molecule has 1 spiro atoms. The van der Waals surface area contributed by atoms with Gasteiger partial charge in [-0.2, -0.15) is 0 Å². The molecule has 3 aliphatic heterocycles. The van der Waals surface area contributed by atoms with Crippen molar-refractivity contribution in [2.24, 2.45) is 11.8 Å². The lowest BCUT2D eigenvalue weighted by molar-refractivity contribution is -0.128. The van der Waals surface area contributed by atoms with E-state index in [9.17, 15) is 14.4 Å². The Balaban J connectivity index is 1.38. The predicted molar refractivity (Wildman–Crippen MR) is 114 cm³/mol. The third-order valence-electron chi connectivity index (χ3n) is 6.11. The van der Waals surface area contributed by atoms with Gasteiger partial charge in [0.25, 0.3) is 0 Å². The molecule has 2 fully saturated rings. The first-order valence-corrected chi connectivity index (χ1v) is 10.3. The van der Waals surface area contributed by atoms with Crippen molar-refractivity contribution in [2.45, 2.75) is 18.6 Å². The second kappa shape index (κ2) is 7.35. The lowest BCUT2D eigenvalue weighted by atomic mass is 9.76. The number of para-hydroxylation sites is 1. The van der Waals surface area contributed by atoms with Gasteiger partial charge >= 0.3 is 5.97 Å². The first-order valence-electron chi connectivity index (χ1n) is 10.3. The van der Waals surface area contributed by atoms with Gasteiger partial charge in [-0.1, -0.05) is 36.4 Å². The van der Waals surface area contributed by atoms with Crippen LogP contribution in [0.1, 0.15) is 17.3 Å². The van der Waals surface area contributed by atoms with Crippen LogP contribution in [0.25, 0.3) is 0 Å². The van der Waals surface area contributed by atoms with Gasteiger partial charge in [-0.15, -0.1) is 0 Å². The van der Waals surface area contributed by atoms with E-state index in [1.807, 2.05) is 42.5 Å². The number of nitrogens with zero attached hydrogens (tertiary/aromatic N) is 1. The molecule has 158 valence electrons. The van der Waals surface area contributed by atoms with Crippen LogP contribution in [0.2, 0.25) is 0 Å². The SMILES string of the molecule is CCOC(=O)c1cccc(NC(=O)[C@H]2[C@H]3C(=O)N(c4ccccc4)C[C@]34C=C[C@H]2O4)c1. The average molecular weight is 418 g/mol. The smallest absolute Gasteiger partial charge is 0.338 e. The maximum atomic E-state index is 13.3. The van der Waals surface area contributed by atoms with Crippen molar-refractivity contribution >= 4 is 29.2 Å². The van der Waals surface area contributed by atoms with Gasteiger partial charge in [0.1, 0.15) is 5.60 Å². The van der Waals surface area contributed by atoms with Crippen molar-refractivity contribution in [1.29, 1.82) is 0 Å². The summed E-state index contributed by atoms with van der Waals surface area (Å²) in [4.78, 5) is 40.2.